The average molecular weight is 301 g/mol. The van der Waals surface area contributed by atoms with E-state index in [4.69, 9.17) is 10.00 Å². The summed E-state index contributed by atoms with van der Waals surface area (Å²) in [5, 5.41) is 14.5. The number of nitrogens with zero attached hydrogens (tertiary/aromatic N) is 2. The standard InChI is InChI=1S/C15H15N3O2S/c1-10-9-21-14(18-10)8-17-15(19)11(2)20-13-6-4-3-5-12(13)7-16/h3-6,9,11H,8H2,1-2H3,(H,17,19)/t11-/m0/s1. The Labute approximate surface area is 127 Å². The molecule has 108 valence electrons. The molecule has 21 heavy (non-hydrogen) atoms. The van der Waals surface area contributed by atoms with Gasteiger partial charge >= 0.3 is 0 Å². The van der Waals surface area contributed by atoms with Gasteiger partial charge in [0.25, 0.3) is 5.91 Å². The lowest BCUT2D eigenvalue weighted by atomic mass is 10.2. The molecule has 2 rings (SSSR count). The third-order valence-corrected chi connectivity index (χ3v) is 3.73. The van der Waals surface area contributed by atoms with Crippen molar-refractivity contribution >= 4 is 17.2 Å². The van der Waals surface area contributed by atoms with Crippen molar-refractivity contribution in [2.24, 2.45) is 0 Å². The summed E-state index contributed by atoms with van der Waals surface area (Å²) in [6.07, 6.45) is -0.680. The van der Waals surface area contributed by atoms with Crippen LogP contribution in [0.25, 0.3) is 0 Å². The number of rotatable bonds is 5. The first kappa shape index (κ1) is 15.0. The first-order valence-corrected chi connectivity index (χ1v) is 7.32. The van der Waals surface area contributed by atoms with Gasteiger partial charge in [-0.1, -0.05) is 12.1 Å². The number of para-hydroxylation sites is 1. The molecule has 0 aliphatic heterocycles. The van der Waals surface area contributed by atoms with Gasteiger partial charge in [0.15, 0.2) is 6.10 Å². The first-order valence-electron chi connectivity index (χ1n) is 6.44. The molecular weight excluding hydrogens is 286 g/mol. The Morgan fingerprint density at radius 3 is 2.95 bits per heavy atom. The molecule has 0 radical (unpaired) electrons. The molecule has 0 saturated heterocycles. The summed E-state index contributed by atoms with van der Waals surface area (Å²) in [6, 6.07) is 8.87. The van der Waals surface area contributed by atoms with Gasteiger partial charge in [-0.15, -0.1) is 11.3 Å². The van der Waals surface area contributed by atoms with Crippen LogP contribution in [0.1, 0.15) is 23.2 Å². The number of nitrogens with one attached hydrogen (secondary N) is 1. The van der Waals surface area contributed by atoms with Crippen LogP contribution < -0.4 is 10.1 Å². The highest BCUT2D eigenvalue weighted by Crippen LogP contribution is 2.18. The highest BCUT2D eigenvalue weighted by Gasteiger charge is 2.16. The van der Waals surface area contributed by atoms with Crippen LogP contribution in [0.3, 0.4) is 0 Å². The maximum absolute atomic E-state index is 12.0. The lowest BCUT2D eigenvalue weighted by Gasteiger charge is -2.15. The van der Waals surface area contributed by atoms with E-state index in [9.17, 15) is 4.79 Å². The molecular formula is C15H15N3O2S. The Morgan fingerprint density at radius 2 is 2.29 bits per heavy atom. The Kier molecular flexibility index (Phi) is 4.90. The SMILES string of the molecule is Cc1csc(CNC(=O)[C@H](C)Oc2ccccc2C#N)n1. The number of aryl methyl sites for hydroxylation is 1. The quantitative estimate of drug-likeness (QED) is 0.920. The minimum Gasteiger partial charge on any atom is -0.480 e. The summed E-state index contributed by atoms with van der Waals surface area (Å²) >= 11 is 1.50. The molecule has 1 atom stereocenters. The largest absolute Gasteiger partial charge is 0.480 e. The van der Waals surface area contributed by atoms with Crippen molar-refractivity contribution < 1.29 is 9.53 Å². The van der Waals surface area contributed by atoms with Gasteiger partial charge in [-0.25, -0.2) is 4.98 Å². The molecule has 5 nitrogen and oxygen atoms in total. The van der Waals surface area contributed by atoms with Crippen molar-refractivity contribution in [3.63, 3.8) is 0 Å². The molecule has 6 heteroatoms. The molecule has 2 aromatic rings. The Morgan fingerprint density at radius 1 is 1.52 bits per heavy atom. The smallest absolute Gasteiger partial charge is 0.261 e. The van der Waals surface area contributed by atoms with Crippen molar-refractivity contribution in [1.29, 1.82) is 5.26 Å². The zero-order valence-electron chi connectivity index (χ0n) is 11.8. The van der Waals surface area contributed by atoms with E-state index in [1.165, 1.54) is 11.3 Å². The van der Waals surface area contributed by atoms with Crippen LogP contribution in [0, 0.1) is 18.3 Å². The monoisotopic (exact) mass is 301 g/mol. The van der Waals surface area contributed by atoms with Crippen LogP contribution in [-0.2, 0) is 11.3 Å². The second-order valence-electron chi connectivity index (χ2n) is 4.47. The highest BCUT2D eigenvalue weighted by atomic mass is 32.1. The highest BCUT2D eigenvalue weighted by molar-refractivity contribution is 7.09. The Balaban J connectivity index is 1.92. The summed E-state index contributed by atoms with van der Waals surface area (Å²) in [5.41, 5.74) is 1.35. The van der Waals surface area contributed by atoms with Crippen LogP contribution >= 0.6 is 11.3 Å². The van der Waals surface area contributed by atoms with Crippen molar-refractivity contribution in [3.8, 4) is 11.8 Å². The first-order chi connectivity index (χ1) is 10.1. The maximum Gasteiger partial charge on any atom is 0.261 e. The molecule has 0 spiro atoms. The van der Waals surface area contributed by atoms with Crippen molar-refractivity contribution in [3.05, 3.63) is 45.9 Å². The molecule has 0 fully saturated rings. The number of hydrogen-bond donors (Lipinski definition) is 1. The van der Waals surface area contributed by atoms with E-state index in [0.29, 0.717) is 17.9 Å². The normalized spacial score (nSPS) is 11.5. The molecule has 0 unspecified atom stereocenters. The minimum atomic E-state index is -0.680. The molecule has 1 aromatic carbocycles. The minimum absolute atomic E-state index is 0.240. The lowest BCUT2D eigenvalue weighted by molar-refractivity contribution is -0.127. The zero-order valence-corrected chi connectivity index (χ0v) is 12.6. The van der Waals surface area contributed by atoms with E-state index in [2.05, 4.69) is 10.3 Å². The van der Waals surface area contributed by atoms with Gasteiger partial charge in [0, 0.05) is 11.1 Å². The number of carbonyl (C=O) groups excluding carboxylic acids is 1. The molecule has 0 aliphatic carbocycles. The van der Waals surface area contributed by atoms with E-state index in [1.807, 2.05) is 18.4 Å². The zero-order chi connectivity index (χ0) is 15.2. The summed E-state index contributed by atoms with van der Waals surface area (Å²) < 4.78 is 5.54. The van der Waals surface area contributed by atoms with Crippen LogP contribution in [-0.4, -0.2) is 17.0 Å². The van der Waals surface area contributed by atoms with E-state index in [-0.39, 0.29) is 5.91 Å². The van der Waals surface area contributed by atoms with E-state index in [1.54, 1.807) is 31.2 Å². The maximum atomic E-state index is 12.0. The van der Waals surface area contributed by atoms with Gasteiger partial charge in [-0.2, -0.15) is 5.26 Å². The molecule has 0 saturated carbocycles. The van der Waals surface area contributed by atoms with Crippen LogP contribution in [0.15, 0.2) is 29.6 Å². The van der Waals surface area contributed by atoms with Crippen LogP contribution in [0.2, 0.25) is 0 Å². The van der Waals surface area contributed by atoms with E-state index < -0.39 is 6.10 Å². The van der Waals surface area contributed by atoms with Crippen LogP contribution in [0.4, 0.5) is 0 Å². The van der Waals surface area contributed by atoms with Gasteiger partial charge in [-0.05, 0) is 26.0 Å². The second-order valence-corrected chi connectivity index (χ2v) is 5.41. The van der Waals surface area contributed by atoms with Crippen LogP contribution in [0.5, 0.6) is 5.75 Å². The van der Waals surface area contributed by atoms with Gasteiger partial charge in [0.05, 0.1) is 12.1 Å². The number of benzene rings is 1. The molecule has 0 bridgehead atoms. The molecule has 1 aromatic heterocycles. The Bertz CT molecular complexity index is 676. The fourth-order valence-corrected chi connectivity index (χ4v) is 2.41. The van der Waals surface area contributed by atoms with Gasteiger partial charge < -0.3 is 10.1 Å². The van der Waals surface area contributed by atoms with Crippen molar-refractivity contribution in [2.75, 3.05) is 0 Å². The van der Waals surface area contributed by atoms with E-state index >= 15 is 0 Å². The third-order valence-electron chi connectivity index (χ3n) is 2.76. The number of carbonyl (C=O) groups is 1. The fraction of sp³-hybridized carbons (Fsp3) is 0.267. The Hall–Kier alpha value is -2.39. The number of hydrogen-bond acceptors (Lipinski definition) is 5. The third kappa shape index (κ3) is 4.04. The van der Waals surface area contributed by atoms with Crippen molar-refractivity contribution in [1.82, 2.24) is 10.3 Å². The van der Waals surface area contributed by atoms with Gasteiger partial charge in [0.1, 0.15) is 16.8 Å². The number of ether oxygens (including phenoxy) is 1. The number of amides is 1. The van der Waals surface area contributed by atoms with E-state index in [0.717, 1.165) is 10.7 Å². The average Bonchev–Trinajstić information content (AvgIpc) is 2.91. The summed E-state index contributed by atoms with van der Waals surface area (Å²) in [6.45, 7) is 3.94. The van der Waals surface area contributed by atoms with Crippen molar-refractivity contribution in [2.45, 2.75) is 26.5 Å². The lowest BCUT2D eigenvalue weighted by Crippen LogP contribution is -2.36. The number of nitriles is 1. The molecule has 1 amide bonds. The topological polar surface area (TPSA) is 75.0 Å². The molecule has 1 N–H and O–H groups in total. The van der Waals surface area contributed by atoms with Gasteiger partial charge in [0.2, 0.25) is 0 Å². The summed E-state index contributed by atoms with van der Waals surface area (Å²) in [7, 11) is 0. The second kappa shape index (κ2) is 6.86. The summed E-state index contributed by atoms with van der Waals surface area (Å²) in [4.78, 5) is 16.3. The number of aromatic nitrogens is 1. The summed E-state index contributed by atoms with van der Waals surface area (Å²) in [5.74, 6) is 0.170. The molecule has 1 heterocycles. The van der Waals surface area contributed by atoms with Gasteiger partial charge in [-0.3, -0.25) is 4.79 Å². The number of thiazole rings is 1. The predicted octanol–water partition coefficient (Wildman–Crippen LogP) is 2.41. The molecule has 0 aliphatic rings. The predicted molar refractivity (Wildman–Crippen MR) is 79.9 cm³/mol. The fourth-order valence-electron chi connectivity index (χ4n) is 1.70.